The van der Waals surface area contributed by atoms with Crippen LogP contribution in [0.1, 0.15) is 20.7 Å². The van der Waals surface area contributed by atoms with Crippen LogP contribution in [-0.2, 0) is 0 Å². The van der Waals surface area contributed by atoms with Crippen LogP contribution < -0.4 is 10.6 Å². The molecule has 3 aromatic rings. The quantitative estimate of drug-likeness (QED) is 0.626. The van der Waals surface area contributed by atoms with E-state index in [1.165, 1.54) is 24.3 Å². The summed E-state index contributed by atoms with van der Waals surface area (Å²) >= 11 is 3.32. The Bertz CT molecular complexity index is 941. The van der Waals surface area contributed by atoms with Crippen LogP contribution in [0.2, 0.25) is 0 Å². The van der Waals surface area contributed by atoms with Crippen molar-refractivity contribution < 1.29 is 14.0 Å². The summed E-state index contributed by atoms with van der Waals surface area (Å²) in [5.41, 5.74) is 1.88. The molecule has 0 saturated heterocycles. The summed E-state index contributed by atoms with van der Waals surface area (Å²) in [6.07, 6.45) is 0. The van der Waals surface area contributed by atoms with Crippen molar-refractivity contribution in [2.24, 2.45) is 0 Å². The minimum Gasteiger partial charge on any atom is -0.322 e. The van der Waals surface area contributed by atoms with E-state index in [9.17, 15) is 14.0 Å². The lowest BCUT2D eigenvalue weighted by Gasteiger charge is -2.09. The molecule has 0 radical (unpaired) electrons. The molecule has 3 aromatic carbocycles. The average molecular weight is 413 g/mol. The minimum atomic E-state index is -0.374. The van der Waals surface area contributed by atoms with Gasteiger partial charge in [0.05, 0.1) is 0 Å². The molecule has 0 unspecified atom stereocenters. The van der Waals surface area contributed by atoms with Crippen LogP contribution >= 0.6 is 15.9 Å². The fraction of sp³-hybridized carbons (Fsp3) is 0. The Labute approximate surface area is 158 Å². The molecule has 26 heavy (non-hydrogen) atoms. The number of carbonyl (C=O) groups is 2. The number of anilines is 2. The predicted molar refractivity (Wildman–Crippen MR) is 103 cm³/mol. The van der Waals surface area contributed by atoms with Crippen molar-refractivity contribution in [1.82, 2.24) is 0 Å². The number of halogens is 2. The van der Waals surface area contributed by atoms with Gasteiger partial charge in [-0.05, 0) is 66.7 Å². The van der Waals surface area contributed by atoms with Gasteiger partial charge < -0.3 is 10.6 Å². The summed E-state index contributed by atoms with van der Waals surface area (Å²) in [4.78, 5) is 24.6. The van der Waals surface area contributed by atoms with Crippen molar-refractivity contribution in [2.75, 3.05) is 10.6 Å². The molecular formula is C20H14BrFN2O2. The highest BCUT2D eigenvalue weighted by atomic mass is 79.9. The molecule has 0 aliphatic rings. The second kappa shape index (κ2) is 7.93. The monoisotopic (exact) mass is 412 g/mol. The van der Waals surface area contributed by atoms with E-state index in [1.54, 1.807) is 48.5 Å². The SMILES string of the molecule is O=C(Nc1cccc(C(=O)Nc2ccc(F)cc2)c1)c1ccc(Br)cc1. The Hall–Kier alpha value is -2.99. The molecule has 2 N–H and O–H groups in total. The largest absolute Gasteiger partial charge is 0.322 e. The van der Waals surface area contributed by atoms with E-state index in [4.69, 9.17) is 0 Å². The van der Waals surface area contributed by atoms with E-state index in [0.717, 1.165) is 4.47 Å². The number of carbonyl (C=O) groups excluding carboxylic acids is 2. The average Bonchev–Trinajstić information content (AvgIpc) is 2.64. The summed E-state index contributed by atoms with van der Waals surface area (Å²) in [5, 5.41) is 5.44. The lowest BCUT2D eigenvalue weighted by Crippen LogP contribution is -2.14. The zero-order chi connectivity index (χ0) is 18.5. The van der Waals surface area contributed by atoms with Crippen LogP contribution in [0.4, 0.5) is 15.8 Å². The fourth-order valence-electron chi connectivity index (χ4n) is 2.28. The van der Waals surface area contributed by atoms with E-state index < -0.39 is 0 Å². The Morgan fingerprint density at radius 1 is 0.731 bits per heavy atom. The maximum absolute atomic E-state index is 12.9. The molecule has 0 aliphatic heterocycles. The number of hydrogen-bond acceptors (Lipinski definition) is 2. The highest BCUT2D eigenvalue weighted by Crippen LogP contribution is 2.16. The van der Waals surface area contributed by atoms with Gasteiger partial charge in [-0.1, -0.05) is 22.0 Å². The third kappa shape index (κ3) is 4.55. The van der Waals surface area contributed by atoms with Crippen LogP contribution in [-0.4, -0.2) is 11.8 Å². The third-order valence-electron chi connectivity index (χ3n) is 3.59. The summed E-state index contributed by atoms with van der Waals surface area (Å²) in [5.74, 6) is -0.995. The van der Waals surface area contributed by atoms with E-state index in [2.05, 4.69) is 26.6 Å². The van der Waals surface area contributed by atoms with Crippen LogP contribution in [0.3, 0.4) is 0 Å². The molecule has 0 saturated carbocycles. The molecule has 0 bridgehead atoms. The Morgan fingerprint density at radius 2 is 1.35 bits per heavy atom. The zero-order valence-electron chi connectivity index (χ0n) is 13.5. The van der Waals surface area contributed by atoms with Gasteiger partial charge in [-0.25, -0.2) is 4.39 Å². The van der Waals surface area contributed by atoms with Gasteiger partial charge in [-0.3, -0.25) is 9.59 Å². The molecule has 130 valence electrons. The van der Waals surface area contributed by atoms with Crippen molar-refractivity contribution in [1.29, 1.82) is 0 Å². The number of hydrogen-bond donors (Lipinski definition) is 2. The highest BCUT2D eigenvalue weighted by molar-refractivity contribution is 9.10. The second-order valence-electron chi connectivity index (χ2n) is 5.50. The second-order valence-corrected chi connectivity index (χ2v) is 6.42. The first-order chi connectivity index (χ1) is 12.5. The smallest absolute Gasteiger partial charge is 0.255 e. The van der Waals surface area contributed by atoms with Gasteiger partial charge in [0.15, 0.2) is 0 Å². The van der Waals surface area contributed by atoms with Gasteiger partial charge in [0.25, 0.3) is 11.8 Å². The molecule has 0 atom stereocenters. The van der Waals surface area contributed by atoms with Gasteiger partial charge in [0, 0.05) is 27.0 Å². The molecule has 0 heterocycles. The highest BCUT2D eigenvalue weighted by Gasteiger charge is 2.10. The Morgan fingerprint density at radius 3 is 2.04 bits per heavy atom. The summed E-state index contributed by atoms with van der Waals surface area (Å²) in [7, 11) is 0. The van der Waals surface area contributed by atoms with Crippen molar-refractivity contribution >= 4 is 39.1 Å². The molecule has 0 spiro atoms. The van der Waals surface area contributed by atoms with Crippen molar-refractivity contribution in [3.8, 4) is 0 Å². The minimum absolute atomic E-state index is 0.270. The normalized spacial score (nSPS) is 10.2. The number of nitrogens with one attached hydrogen (secondary N) is 2. The van der Waals surface area contributed by atoms with Crippen molar-refractivity contribution in [3.05, 3.63) is 94.2 Å². The maximum Gasteiger partial charge on any atom is 0.255 e. The van der Waals surface area contributed by atoms with Crippen LogP contribution in [0, 0.1) is 5.82 Å². The first kappa shape index (κ1) is 17.8. The topological polar surface area (TPSA) is 58.2 Å². The van der Waals surface area contributed by atoms with Crippen LogP contribution in [0.25, 0.3) is 0 Å². The molecule has 2 amide bonds. The van der Waals surface area contributed by atoms with Crippen molar-refractivity contribution in [2.45, 2.75) is 0 Å². The zero-order valence-corrected chi connectivity index (χ0v) is 15.1. The van der Waals surface area contributed by atoms with Gasteiger partial charge >= 0.3 is 0 Å². The van der Waals surface area contributed by atoms with Gasteiger partial charge in [0.2, 0.25) is 0 Å². The first-order valence-electron chi connectivity index (χ1n) is 7.75. The van der Waals surface area contributed by atoms with E-state index in [0.29, 0.717) is 22.5 Å². The lowest BCUT2D eigenvalue weighted by atomic mass is 10.1. The third-order valence-corrected chi connectivity index (χ3v) is 4.12. The summed E-state index contributed by atoms with van der Waals surface area (Å²) in [6, 6.07) is 19.0. The molecule has 4 nitrogen and oxygen atoms in total. The molecule has 0 aliphatic carbocycles. The molecule has 6 heteroatoms. The molecular weight excluding hydrogens is 399 g/mol. The summed E-state index contributed by atoms with van der Waals surface area (Å²) in [6.45, 7) is 0. The van der Waals surface area contributed by atoms with Crippen molar-refractivity contribution in [3.63, 3.8) is 0 Å². The van der Waals surface area contributed by atoms with Crippen LogP contribution in [0.15, 0.2) is 77.3 Å². The van der Waals surface area contributed by atoms with Crippen LogP contribution in [0.5, 0.6) is 0 Å². The van der Waals surface area contributed by atoms with E-state index in [1.807, 2.05) is 0 Å². The fourth-order valence-corrected chi connectivity index (χ4v) is 2.54. The molecule has 0 aromatic heterocycles. The Balaban J connectivity index is 1.71. The number of benzene rings is 3. The maximum atomic E-state index is 12.9. The first-order valence-corrected chi connectivity index (χ1v) is 8.54. The van der Waals surface area contributed by atoms with Gasteiger partial charge in [0.1, 0.15) is 5.82 Å². The van der Waals surface area contributed by atoms with E-state index >= 15 is 0 Å². The summed E-state index contributed by atoms with van der Waals surface area (Å²) < 4.78 is 13.8. The molecule has 0 fully saturated rings. The Kier molecular flexibility index (Phi) is 5.43. The number of rotatable bonds is 4. The van der Waals surface area contributed by atoms with Gasteiger partial charge in [-0.15, -0.1) is 0 Å². The van der Waals surface area contributed by atoms with Gasteiger partial charge in [-0.2, -0.15) is 0 Å². The number of amides is 2. The van der Waals surface area contributed by atoms with E-state index in [-0.39, 0.29) is 17.6 Å². The lowest BCUT2D eigenvalue weighted by molar-refractivity contribution is 0.101. The standard InChI is InChI=1S/C20H14BrFN2O2/c21-15-6-4-13(5-7-15)19(25)24-18-3-1-2-14(12-18)20(26)23-17-10-8-16(22)9-11-17/h1-12H,(H,23,26)(H,24,25). The molecule has 3 rings (SSSR count). The predicted octanol–water partition coefficient (Wildman–Crippen LogP) is 5.09.